The molecule has 0 spiro atoms. The van der Waals surface area contributed by atoms with Gasteiger partial charge in [0.15, 0.2) is 0 Å². The van der Waals surface area contributed by atoms with Crippen LogP contribution in [0.15, 0.2) is 30.3 Å². The van der Waals surface area contributed by atoms with Crippen molar-refractivity contribution < 1.29 is 4.79 Å². The van der Waals surface area contributed by atoms with Crippen molar-refractivity contribution in [3.63, 3.8) is 0 Å². The van der Waals surface area contributed by atoms with Crippen molar-refractivity contribution in [3.8, 4) is 0 Å². The number of benzene rings is 1. The Morgan fingerprint density at radius 1 is 1.17 bits per heavy atom. The highest BCUT2D eigenvalue weighted by molar-refractivity contribution is 6.33. The van der Waals surface area contributed by atoms with Gasteiger partial charge in [-0.25, -0.2) is 9.97 Å². The lowest BCUT2D eigenvalue weighted by molar-refractivity contribution is 0.0749. The number of rotatable bonds is 7. The predicted molar refractivity (Wildman–Crippen MR) is 98.0 cm³/mol. The van der Waals surface area contributed by atoms with E-state index in [0.29, 0.717) is 22.4 Å². The molecule has 6 heteroatoms. The normalized spacial score (nSPS) is 10.5. The molecule has 0 fully saturated rings. The third-order valence-electron chi connectivity index (χ3n) is 3.47. The van der Waals surface area contributed by atoms with Gasteiger partial charge in [-0.1, -0.05) is 37.6 Å². The smallest absolute Gasteiger partial charge is 0.272 e. The number of hydrogen-bond donors (Lipinski definition) is 1. The van der Waals surface area contributed by atoms with Gasteiger partial charge in [-0.3, -0.25) is 4.79 Å². The Morgan fingerprint density at radius 3 is 2.46 bits per heavy atom. The molecular formula is C18H23ClN4O. The average molecular weight is 347 g/mol. The lowest BCUT2D eigenvalue weighted by Crippen LogP contribution is -2.33. The van der Waals surface area contributed by atoms with Crippen molar-refractivity contribution in [2.45, 2.75) is 33.6 Å². The van der Waals surface area contributed by atoms with Gasteiger partial charge in [-0.05, 0) is 38.0 Å². The van der Waals surface area contributed by atoms with Crippen LogP contribution in [-0.4, -0.2) is 33.9 Å². The zero-order valence-corrected chi connectivity index (χ0v) is 15.1. The van der Waals surface area contributed by atoms with Crippen LogP contribution >= 0.6 is 11.6 Å². The third-order valence-corrected chi connectivity index (χ3v) is 3.80. The Morgan fingerprint density at radius 2 is 1.83 bits per heavy atom. The van der Waals surface area contributed by atoms with E-state index in [2.05, 4.69) is 29.1 Å². The topological polar surface area (TPSA) is 58.1 Å². The van der Waals surface area contributed by atoms with Gasteiger partial charge in [0.05, 0.1) is 10.7 Å². The standard InChI is InChI=1S/C18H23ClN4O/c1-4-10-23(11-5-2)17(24)16-12-13(3)20-18(22-16)21-15-9-7-6-8-14(15)19/h6-9,12H,4-5,10-11H2,1-3H3,(H,20,21,22). The fourth-order valence-corrected chi connectivity index (χ4v) is 2.62. The summed E-state index contributed by atoms with van der Waals surface area (Å²) in [6.07, 6.45) is 1.83. The molecule has 24 heavy (non-hydrogen) atoms. The quantitative estimate of drug-likeness (QED) is 0.805. The van der Waals surface area contributed by atoms with Crippen LogP contribution in [0.4, 0.5) is 11.6 Å². The second kappa shape index (κ2) is 8.64. The highest BCUT2D eigenvalue weighted by atomic mass is 35.5. The Labute approximate surface area is 148 Å². The monoisotopic (exact) mass is 346 g/mol. The van der Waals surface area contributed by atoms with E-state index in [-0.39, 0.29) is 5.91 Å². The molecule has 0 unspecified atom stereocenters. The van der Waals surface area contributed by atoms with E-state index in [9.17, 15) is 4.79 Å². The summed E-state index contributed by atoms with van der Waals surface area (Å²) in [5, 5.41) is 3.66. The van der Waals surface area contributed by atoms with E-state index >= 15 is 0 Å². The highest BCUT2D eigenvalue weighted by Crippen LogP contribution is 2.23. The van der Waals surface area contributed by atoms with E-state index in [1.165, 1.54) is 0 Å². The van der Waals surface area contributed by atoms with Crippen LogP contribution in [0.25, 0.3) is 0 Å². The summed E-state index contributed by atoms with van der Waals surface area (Å²) in [4.78, 5) is 23.3. The molecule has 5 nitrogen and oxygen atoms in total. The van der Waals surface area contributed by atoms with Crippen LogP contribution in [0.3, 0.4) is 0 Å². The number of hydrogen-bond acceptors (Lipinski definition) is 4. The number of amides is 1. The molecule has 1 N–H and O–H groups in total. The van der Waals surface area contributed by atoms with Crippen LogP contribution in [0, 0.1) is 6.92 Å². The largest absolute Gasteiger partial charge is 0.337 e. The summed E-state index contributed by atoms with van der Waals surface area (Å²) in [7, 11) is 0. The SMILES string of the molecule is CCCN(CCC)C(=O)c1cc(C)nc(Nc2ccccc2Cl)n1. The molecule has 2 rings (SSSR count). The van der Waals surface area contributed by atoms with Crippen molar-refractivity contribution in [3.05, 3.63) is 46.7 Å². The molecule has 0 aliphatic rings. The molecule has 0 saturated heterocycles. The first-order chi connectivity index (χ1) is 11.5. The Hall–Kier alpha value is -2.14. The van der Waals surface area contributed by atoms with Gasteiger partial charge < -0.3 is 10.2 Å². The molecule has 1 heterocycles. The minimum Gasteiger partial charge on any atom is -0.337 e. The van der Waals surface area contributed by atoms with Gasteiger partial charge in [-0.15, -0.1) is 0 Å². The Balaban J connectivity index is 2.27. The molecule has 0 radical (unpaired) electrons. The number of anilines is 2. The Bertz CT molecular complexity index is 699. The number of nitrogens with zero attached hydrogens (tertiary/aromatic N) is 3. The summed E-state index contributed by atoms with van der Waals surface area (Å²) in [5.41, 5.74) is 1.84. The summed E-state index contributed by atoms with van der Waals surface area (Å²) < 4.78 is 0. The molecule has 1 amide bonds. The van der Waals surface area contributed by atoms with Gasteiger partial charge in [0, 0.05) is 18.8 Å². The lowest BCUT2D eigenvalue weighted by atomic mass is 10.2. The maximum atomic E-state index is 12.7. The van der Waals surface area contributed by atoms with E-state index in [1.54, 1.807) is 12.1 Å². The number of nitrogens with one attached hydrogen (secondary N) is 1. The maximum absolute atomic E-state index is 12.7. The number of aromatic nitrogens is 2. The lowest BCUT2D eigenvalue weighted by Gasteiger charge is -2.21. The maximum Gasteiger partial charge on any atom is 0.272 e. The zero-order chi connectivity index (χ0) is 17.5. The van der Waals surface area contributed by atoms with Crippen molar-refractivity contribution in [1.29, 1.82) is 0 Å². The zero-order valence-electron chi connectivity index (χ0n) is 14.3. The first-order valence-electron chi connectivity index (χ1n) is 8.21. The summed E-state index contributed by atoms with van der Waals surface area (Å²) in [5.74, 6) is 0.311. The van der Waals surface area contributed by atoms with Crippen molar-refractivity contribution in [2.75, 3.05) is 18.4 Å². The molecule has 2 aromatic rings. The van der Waals surface area contributed by atoms with Crippen LogP contribution < -0.4 is 5.32 Å². The third kappa shape index (κ3) is 4.68. The second-order valence-corrected chi connectivity index (χ2v) is 6.02. The van der Waals surface area contributed by atoms with E-state index < -0.39 is 0 Å². The molecule has 0 bridgehead atoms. The number of halogens is 1. The van der Waals surface area contributed by atoms with Gasteiger partial charge in [0.25, 0.3) is 5.91 Å². The first kappa shape index (κ1) is 18.2. The summed E-state index contributed by atoms with van der Waals surface area (Å²) in [6.45, 7) is 7.42. The van der Waals surface area contributed by atoms with Crippen LogP contribution in [0.5, 0.6) is 0 Å². The minimum absolute atomic E-state index is 0.0635. The van der Waals surface area contributed by atoms with E-state index in [1.807, 2.05) is 30.0 Å². The number of carbonyl (C=O) groups excluding carboxylic acids is 1. The highest BCUT2D eigenvalue weighted by Gasteiger charge is 2.17. The minimum atomic E-state index is -0.0635. The molecule has 0 saturated carbocycles. The molecular weight excluding hydrogens is 324 g/mol. The van der Waals surface area contributed by atoms with Crippen molar-refractivity contribution >= 4 is 29.1 Å². The van der Waals surface area contributed by atoms with Crippen molar-refractivity contribution in [1.82, 2.24) is 14.9 Å². The molecule has 0 aliphatic carbocycles. The van der Waals surface area contributed by atoms with Gasteiger partial charge in [-0.2, -0.15) is 0 Å². The van der Waals surface area contributed by atoms with Crippen LogP contribution in [0.2, 0.25) is 5.02 Å². The number of carbonyl (C=O) groups is 1. The molecule has 0 atom stereocenters. The van der Waals surface area contributed by atoms with Gasteiger partial charge in [0.2, 0.25) is 5.95 Å². The summed E-state index contributed by atoms with van der Waals surface area (Å²) in [6, 6.07) is 9.08. The number of aryl methyl sites for hydroxylation is 1. The number of para-hydroxylation sites is 1. The van der Waals surface area contributed by atoms with E-state index in [4.69, 9.17) is 11.6 Å². The van der Waals surface area contributed by atoms with E-state index in [0.717, 1.165) is 31.6 Å². The molecule has 1 aromatic heterocycles. The fraction of sp³-hybridized carbons (Fsp3) is 0.389. The van der Waals surface area contributed by atoms with Crippen molar-refractivity contribution in [2.24, 2.45) is 0 Å². The summed E-state index contributed by atoms with van der Waals surface area (Å²) >= 11 is 6.16. The Kier molecular flexibility index (Phi) is 6.55. The molecule has 0 aliphatic heterocycles. The second-order valence-electron chi connectivity index (χ2n) is 5.62. The predicted octanol–water partition coefficient (Wildman–Crippen LogP) is 4.44. The molecule has 1 aromatic carbocycles. The first-order valence-corrected chi connectivity index (χ1v) is 8.59. The fourth-order valence-electron chi connectivity index (χ4n) is 2.43. The molecule has 128 valence electrons. The van der Waals surface area contributed by atoms with Crippen LogP contribution in [0.1, 0.15) is 42.9 Å². The van der Waals surface area contributed by atoms with Gasteiger partial charge in [0.1, 0.15) is 5.69 Å². The average Bonchev–Trinajstić information content (AvgIpc) is 2.55. The van der Waals surface area contributed by atoms with Crippen LogP contribution in [-0.2, 0) is 0 Å². The van der Waals surface area contributed by atoms with Gasteiger partial charge >= 0.3 is 0 Å².